The monoisotopic (exact) mass is 291 g/mol. The second kappa shape index (κ2) is 5.77. The lowest BCUT2D eigenvalue weighted by atomic mass is 10.2. The molecule has 2 aromatic rings. The molecule has 0 saturated carbocycles. The maximum atomic E-state index is 11.8. The van der Waals surface area contributed by atoms with Crippen molar-refractivity contribution < 1.29 is 14.6 Å². The van der Waals surface area contributed by atoms with Gasteiger partial charge in [0.1, 0.15) is 24.6 Å². The number of nitro benzene ring substituents is 1. The predicted molar refractivity (Wildman–Crippen MR) is 70.6 cm³/mol. The van der Waals surface area contributed by atoms with Crippen LogP contribution in [-0.2, 0) is 11.3 Å². The van der Waals surface area contributed by atoms with Gasteiger partial charge in [0.2, 0.25) is 5.91 Å². The number of nitrogens with zero attached hydrogens (tertiary/aromatic N) is 4. The lowest BCUT2D eigenvalue weighted by molar-refractivity contribution is -0.385. The predicted octanol–water partition coefficient (Wildman–Crippen LogP) is 1.34. The third-order valence-corrected chi connectivity index (χ3v) is 2.51. The van der Waals surface area contributed by atoms with E-state index in [4.69, 9.17) is 0 Å². The van der Waals surface area contributed by atoms with Gasteiger partial charge < -0.3 is 5.32 Å². The summed E-state index contributed by atoms with van der Waals surface area (Å²) in [4.78, 5) is 31.8. The molecular weight excluding hydrogens is 282 g/mol. The highest BCUT2D eigenvalue weighted by Gasteiger charge is 2.16. The van der Waals surface area contributed by atoms with Gasteiger partial charge in [0.15, 0.2) is 0 Å². The smallest absolute Gasteiger partial charge is 0.307 e. The number of nitrogens with one attached hydrogen (secondary N) is 1. The molecule has 10 heteroatoms. The summed E-state index contributed by atoms with van der Waals surface area (Å²) in [5, 5.41) is 27.3. The van der Waals surface area contributed by atoms with Gasteiger partial charge in [0.25, 0.3) is 5.69 Å². The Morgan fingerprint density at radius 3 is 2.57 bits per heavy atom. The first-order valence-electron chi connectivity index (χ1n) is 5.67. The number of nitro groups is 2. The lowest BCUT2D eigenvalue weighted by Crippen LogP contribution is -2.19. The number of amides is 1. The molecule has 1 aromatic carbocycles. The van der Waals surface area contributed by atoms with Gasteiger partial charge in [-0.25, -0.2) is 0 Å². The number of hydrogen-bond donors (Lipinski definition) is 1. The molecule has 0 fully saturated rings. The molecule has 1 aromatic heterocycles. The van der Waals surface area contributed by atoms with Gasteiger partial charge in [0.05, 0.1) is 9.85 Å². The summed E-state index contributed by atoms with van der Waals surface area (Å²) < 4.78 is 1.07. The number of hydrogen-bond acceptors (Lipinski definition) is 6. The fraction of sp³-hybridized carbons (Fsp3) is 0.0909. The minimum absolute atomic E-state index is 0.0501. The SMILES string of the molecule is O=C(Cn1cc([N+](=O)[O-])cn1)Nc1ccccc1[N+](=O)[O-]. The molecule has 0 aliphatic rings. The molecule has 0 unspecified atom stereocenters. The molecule has 0 bridgehead atoms. The number of carbonyl (C=O) groups is 1. The Kier molecular flexibility index (Phi) is 3.88. The molecule has 0 saturated heterocycles. The van der Waals surface area contributed by atoms with Crippen LogP contribution in [0.1, 0.15) is 0 Å². The van der Waals surface area contributed by atoms with E-state index in [0.29, 0.717) is 0 Å². The van der Waals surface area contributed by atoms with Crippen molar-refractivity contribution >= 4 is 23.0 Å². The van der Waals surface area contributed by atoms with E-state index >= 15 is 0 Å². The number of aromatic nitrogens is 2. The highest BCUT2D eigenvalue weighted by molar-refractivity contribution is 5.92. The highest BCUT2D eigenvalue weighted by atomic mass is 16.6. The average molecular weight is 291 g/mol. The number of para-hydroxylation sites is 2. The second-order valence-electron chi connectivity index (χ2n) is 3.98. The highest BCUT2D eigenvalue weighted by Crippen LogP contribution is 2.23. The van der Waals surface area contributed by atoms with Crippen molar-refractivity contribution in [3.8, 4) is 0 Å². The van der Waals surface area contributed by atoms with Crippen molar-refractivity contribution in [2.24, 2.45) is 0 Å². The van der Waals surface area contributed by atoms with Crippen LogP contribution in [0, 0.1) is 20.2 Å². The lowest BCUT2D eigenvalue weighted by Gasteiger charge is -2.05. The molecular formula is C11H9N5O5. The first-order valence-corrected chi connectivity index (χ1v) is 5.67. The largest absolute Gasteiger partial charge is 0.319 e. The summed E-state index contributed by atoms with van der Waals surface area (Å²) in [6.45, 7) is -0.292. The number of carbonyl (C=O) groups excluding carboxylic acids is 1. The van der Waals surface area contributed by atoms with E-state index < -0.39 is 15.8 Å². The number of anilines is 1. The van der Waals surface area contributed by atoms with Crippen molar-refractivity contribution in [1.82, 2.24) is 9.78 Å². The summed E-state index contributed by atoms with van der Waals surface area (Å²) in [6.07, 6.45) is 2.11. The molecule has 0 aliphatic heterocycles. The third-order valence-electron chi connectivity index (χ3n) is 2.51. The van der Waals surface area contributed by atoms with Gasteiger partial charge in [-0.2, -0.15) is 5.10 Å². The Hall–Kier alpha value is -3.30. The third kappa shape index (κ3) is 3.37. The van der Waals surface area contributed by atoms with Crippen LogP contribution in [0.15, 0.2) is 36.7 Å². The van der Waals surface area contributed by atoms with Crippen molar-refractivity contribution in [3.63, 3.8) is 0 Å². The molecule has 1 heterocycles. The zero-order valence-electron chi connectivity index (χ0n) is 10.5. The molecule has 0 radical (unpaired) electrons. The maximum absolute atomic E-state index is 11.8. The van der Waals surface area contributed by atoms with Crippen LogP contribution in [0.2, 0.25) is 0 Å². The van der Waals surface area contributed by atoms with E-state index in [9.17, 15) is 25.0 Å². The van der Waals surface area contributed by atoms with E-state index in [1.807, 2.05) is 0 Å². The fourth-order valence-corrected chi connectivity index (χ4v) is 1.61. The molecule has 0 atom stereocenters. The van der Waals surface area contributed by atoms with E-state index in [1.54, 1.807) is 6.07 Å². The van der Waals surface area contributed by atoms with Gasteiger partial charge in [-0.3, -0.25) is 29.7 Å². The second-order valence-corrected chi connectivity index (χ2v) is 3.98. The van der Waals surface area contributed by atoms with Gasteiger partial charge in [-0.15, -0.1) is 0 Å². The topological polar surface area (TPSA) is 133 Å². The molecule has 2 rings (SSSR count). The number of benzene rings is 1. The maximum Gasteiger partial charge on any atom is 0.307 e. The quantitative estimate of drug-likeness (QED) is 0.652. The fourth-order valence-electron chi connectivity index (χ4n) is 1.61. The Morgan fingerprint density at radius 1 is 1.24 bits per heavy atom. The van der Waals surface area contributed by atoms with Gasteiger partial charge in [0, 0.05) is 6.07 Å². The van der Waals surface area contributed by atoms with Crippen LogP contribution < -0.4 is 5.32 Å². The van der Waals surface area contributed by atoms with Crippen molar-refractivity contribution in [1.29, 1.82) is 0 Å². The van der Waals surface area contributed by atoms with Crippen molar-refractivity contribution in [3.05, 3.63) is 56.9 Å². The van der Waals surface area contributed by atoms with Crippen LogP contribution in [0.4, 0.5) is 17.1 Å². The standard InChI is InChI=1S/C11H9N5O5/c17-11(7-14-6-8(5-12-14)15(18)19)13-9-3-1-2-4-10(9)16(20)21/h1-6H,7H2,(H,13,17). The number of rotatable bonds is 5. The van der Waals surface area contributed by atoms with E-state index in [-0.39, 0.29) is 23.6 Å². The Morgan fingerprint density at radius 2 is 1.95 bits per heavy atom. The van der Waals surface area contributed by atoms with Crippen LogP contribution in [0.5, 0.6) is 0 Å². The molecule has 1 N–H and O–H groups in total. The van der Waals surface area contributed by atoms with Gasteiger partial charge in [-0.05, 0) is 6.07 Å². The average Bonchev–Trinajstić information content (AvgIpc) is 2.87. The van der Waals surface area contributed by atoms with E-state index in [1.165, 1.54) is 18.2 Å². The molecule has 0 aliphatic carbocycles. The van der Waals surface area contributed by atoms with Crippen molar-refractivity contribution in [2.75, 3.05) is 5.32 Å². The van der Waals surface area contributed by atoms with Gasteiger partial charge in [-0.1, -0.05) is 12.1 Å². The zero-order valence-corrected chi connectivity index (χ0v) is 10.5. The minimum atomic E-state index is -0.635. The minimum Gasteiger partial charge on any atom is -0.319 e. The van der Waals surface area contributed by atoms with Crippen LogP contribution >= 0.6 is 0 Å². The van der Waals surface area contributed by atoms with Crippen LogP contribution in [0.25, 0.3) is 0 Å². The Balaban J connectivity index is 2.08. The first kappa shape index (κ1) is 14.1. The summed E-state index contributed by atoms with van der Waals surface area (Å²) in [5.41, 5.74) is -0.431. The molecule has 10 nitrogen and oxygen atoms in total. The summed E-state index contributed by atoms with van der Waals surface area (Å²) in [5.74, 6) is -0.581. The van der Waals surface area contributed by atoms with E-state index in [0.717, 1.165) is 17.1 Å². The normalized spacial score (nSPS) is 10.1. The first-order chi connectivity index (χ1) is 9.97. The summed E-state index contributed by atoms with van der Waals surface area (Å²) in [7, 11) is 0. The molecule has 0 spiro atoms. The summed E-state index contributed by atoms with van der Waals surface area (Å²) in [6, 6.07) is 5.67. The molecule has 108 valence electrons. The summed E-state index contributed by atoms with van der Waals surface area (Å²) >= 11 is 0. The van der Waals surface area contributed by atoms with E-state index in [2.05, 4.69) is 10.4 Å². The van der Waals surface area contributed by atoms with Crippen LogP contribution in [0.3, 0.4) is 0 Å². The Bertz CT molecular complexity index is 711. The zero-order chi connectivity index (χ0) is 15.4. The van der Waals surface area contributed by atoms with Crippen molar-refractivity contribution in [2.45, 2.75) is 6.54 Å². The molecule has 1 amide bonds. The van der Waals surface area contributed by atoms with Crippen LogP contribution in [-0.4, -0.2) is 25.5 Å². The Labute approximate surface area is 117 Å². The molecule has 21 heavy (non-hydrogen) atoms. The van der Waals surface area contributed by atoms with Gasteiger partial charge >= 0.3 is 5.69 Å².